The van der Waals surface area contributed by atoms with Crippen LogP contribution in [0.15, 0.2) is 66.0 Å². The lowest BCUT2D eigenvalue weighted by atomic mass is 10.1. The van der Waals surface area contributed by atoms with E-state index >= 15 is 0 Å². The van der Waals surface area contributed by atoms with Crippen molar-refractivity contribution in [3.05, 3.63) is 71.9 Å². The van der Waals surface area contributed by atoms with E-state index < -0.39 is 0 Å². The van der Waals surface area contributed by atoms with Gasteiger partial charge in [-0.25, -0.2) is 15.0 Å². The molecular weight excluding hydrogens is 599 g/mol. The number of aryl methyl sites for hydroxylation is 1. The minimum Gasteiger partial charge on any atom is -0.493 e. The molecule has 0 saturated heterocycles. The fraction of sp³-hybridized carbons (Fsp3) is 0.161. The molecule has 3 heterocycles. The first kappa shape index (κ1) is 29.0. The van der Waals surface area contributed by atoms with E-state index in [9.17, 15) is 4.79 Å². The molecule has 0 atom stereocenters. The van der Waals surface area contributed by atoms with Crippen LogP contribution < -0.4 is 30.6 Å². The Kier molecular flexibility index (Phi) is 8.30. The number of carbonyl (C=O) groups is 1. The molecule has 11 nitrogen and oxygen atoms in total. The number of fused-ring (bicyclic) bond motifs is 1. The van der Waals surface area contributed by atoms with Crippen molar-refractivity contribution in [2.45, 2.75) is 12.8 Å². The summed E-state index contributed by atoms with van der Waals surface area (Å²) in [7, 11) is 4.68. The van der Waals surface area contributed by atoms with Crippen LogP contribution in [0.4, 0.5) is 22.3 Å². The zero-order chi connectivity index (χ0) is 30.6. The fourth-order valence-electron chi connectivity index (χ4n) is 4.66. The summed E-state index contributed by atoms with van der Waals surface area (Å²) in [5, 5.41) is 9.56. The van der Waals surface area contributed by atoms with Gasteiger partial charge in [0.1, 0.15) is 21.5 Å². The Balaban J connectivity index is 1.13. The Labute approximate surface area is 261 Å². The van der Waals surface area contributed by atoms with E-state index in [0.29, 0.717) is 52.4 Å². The zero-order valence-corrected chi connectivity index (χ0v) is 25.8. The summed E-state index contributed by atoms with van der Waals surface area (Å²) in [6.07, 6.45) is 0.824. The number of aromatic nitrogens is 4. The van der Waals surface area contributed by atoms with Crippen molar-refractivity contribution in [3.63, 3.8) is 0 Å². The molecule has 3 aromatic carbocycles. The van der Waals surface area contributed by atoms with Crippen molar-refractivity contribution in [2.24, 2.45) is 0 Å². The number of nitrogens with two attached hydrogens (primary N) is 1. The number of hydrogen-bond donors (Lipinski definition) is 4. The third-order valence-electron chi connectivity index (χ3n) is 6.74. The molecule has 6 rings (SSSR count). The van der Waals surface area contributed by atoms with Gasteiger partial charge >= 0.3 is 0 Å². The molecule has 0 fully saturated rings. The number of rotatable bonds is 11. The topological polar surface area (TPSA) is 149 Å². The number of para-hydroxylation sites is 2. The highest BCUT2D eigenvalue weighted by Gasteiger charge is 2.18. The van der Waals surface area contributed by atoms with Gasteiger partial charge in [-0.2, -0.15) is 0 Å². The first-order valence-corrected chi connectivity index (χ1v) is 15.3. The average molecular weight is 628 g/mol. The van der Waals surface area contributed by atoms with E-state index in [1.165, 1.54) is 22.7 Å². The van der Waals surface area contributed by atoms with Gasteiger partial charge in [-0.15, -0.1) is 11.3 Å². The molecule has 13 heteroatoms. The second-order valence-electron chi connectivity index (χ2n) is 9.64. The Bertz CT molecular complexity index is 1890. The lowest BCUT2D eigenvalue weighted by molar-refractivity contribution is -0.116. The highest BCUT2D eigenvalue weighted by Crippen LogP contribution is 2.43. The molecule has 6 aromatic rings. The van der Waals surface area contributed by atoms with Crippen molar-refractivity contribution < 1.29 is 19.0 Å². The molecule has 224 valence electrons. The number of imidazole rings is 1. The molecule has 1 amide bonds. The Morgan fingerprint density at radius 1 is 0.932 bits per heavy atom. The predicted molar refractivity (Wildman–Crippen MR) is 175 cm³/mol. The molecule has 5 N–H and O–H groups in total. The maximum atomic E-state index is 12.7. The van der Waals surface area contributed by atoms with Gasteiger partial charge in [-0.05, 0) is 24.3 Å². The number of nitrogens with one attached hydrogen (secondary N) is 3. The van der Waals surface area contributed by atoms with E-state index in [1.807, 2.05) is 53.9 Å². The summed E-state index contributed by atoms with van der Waals surface area (Å²) in [6, 6.07) is 19.0. The van der Waals surface area contributed by atoms with Crippen molar-refractivity contribution in [2.75, 3.05) is 37.7 Å². The second kappa shape index (κ2) is 12.6. The largest absolute Gasteiger partial charge is 0.493 e. The van der Waals surface area contributed by atoms with Crippen LogP contribution in [-0.4, -0.2) is 47.2 Å². The number of methoxy groups -OCH3 is 3. The molecule has 0 saturated carbocycles. The second-order valence-corrected chi connectivity index (χ2v) is 11.5. The first-order chi connectivity index (χ1) is 21.4. The first-order valence-electron chi connectivity index (χ1n) is 13.6. The van der Waals surface area contributed by atoms with E-state index in [-0.39, 0.29) is 5.91 Å². The summed E-state index contributed by atoms with van der Waals surface area (Å²) in [5.41, 5.74) is 11.2. The van der Waals surface area contributed by atoms with Gasteiger partial charge in [0.2, 0.25) is 11.7 Å². The molecule has 0 aliphatic rings. The van der Waals surface area contributed by atoms with Crippen molar-refractivity contribution >= 4 is 61.9 Å². The predicted octanol–water partition coefficient (Wildman–Crippen LogP) is 6.73. The quantitative estimate of drug-likeness (QED) is 0.123. The summed E-state index contributed by atoms with van der Waals surface area (Å²) < 4.78 is 16.3. The fourth-order valence-corrected chi connectivity index (χ4v) is 6.50. The SMILES string of the molecule is COc1cc(Nc2nc(N)c(-c3nc(-c4cccc(NC(=O)CCc5nc6ccccc6[nH]5)c4)cs3)s2)cc(OC)c1OC. The molecule has 44 heavy (non-hydrogen) atoms. The van der Waals surface area contributed by atoms with Gasteiger partial charge in [0, 0.05) is 47.3 Å². The average Bonchev–Trinajstić information content (AvgIpc) is 3.77. The van der Waals surface area contributed by atoms with Crippen LogP contribution in [-0.2, 0) is 11.2 Å². The zero-order valence-electron chi connectivity index (χ0n) is 24.1. The van der Waals surface area contributed by atoms with Crippen LogP contribution in [0.2, 0.25) is 0 Å². The van der Waals surface area contributed by atoms with Gasteiger partial charge in [0.25, 0.3) is 0 Å². The van der Waals surface area contributed by atoms with Crippen LogP contribution in [0.3, 0.4) is 0 Å². The number of nitrogen functional groups attached to an aromatic ring is 1. The number of thiazole rings is 2. The normalized spacial score (nSPS) is 11.0. The number of H-pyrrole nitrogens is 1. The Morgan fingerprint density at radius 3 is 2.48 bits per heavy atom. The molecule has 0 spiro atoms. The van der Waals surface area contributed by atoms with Crippen molar-refractivity contribution in [1.82, 2.24) is 19.9 Å². The summed E-state index contributed by atoms with van der Waals surface area (Å²) >= 11 is 2.87. The number of ether oxygens (including phenoxy) is 3. The Morgan fingerprint density at radius 2 is 1.73 bits per heavy atom. The smallest absolute Gasteiger partial charge is 0.224 e. The standard InChI is InChI=1S/C31H29N7O4S2/c1-40-23-14-19(15-24(41-2)27(23)42-3)34-31-38-29(32)28(44-31)30-37-22(16-43-30)17-7-6-8-18(13-17)33-26(39)12-11-25-35-20-9-4-5-10-21(20)36-25/h4-10,13-16H,11-12,32H2,1-3H3,(H,33,39)(H,34,38)(H,35,36). The van der Waals surface area contributed by atoms with Crippen LogP contribution >= 0.6 is 22.7 Å². The maximum absolute atomic E-state index is 12.7. The van der Waals surface area contributed by atoms with Gasteiger partial charge < -0.3 is 35.6 Å². The van der Waals surface area contributed by atoms with E-state index in [2.05, 4.69) is 25.6 Å². The third kappa shape index (κ3) is 6.14. The van der Waals surface area contributed by atoms with Crippen LogP contribution in [0.5, 0.6) is 17.2 Å². The molecule has 0 aliphatic carbocycles. The van der Waals surface area contributed by atoms with Crippen LogP contribution in [0.25, 0.3) is 32.2 Å². The number of hydrogen-bond acceptors (Lipinski definition) is 11. The molecular formula is C31H29N7O4S2. The highest BCUT2D eigenvalue weighted by molar-refractivity contribution is 7.23. The molecule has 0 aliphatic heterocycles. The van der Waals surface area contributed by atoms with E-state index in [1.54, 1.807) is 33.5 Å². The number of benzene rings is 3. The minimum absolute atomic E-state index is 0.0915. The summed E-state index contributed by atoms with van der Waals surface area (Å²) in [6.45, 7) is 0. The summed E-state index contributed by atoms with van der Waals surface area (Å²) in [5.74, 6) is 2.61. The van der Waals surface area contributed by atoms with Gasteiger partial charge in [-0.3, -0.25) is 4.79 Å². The lowest BCUT2D eigenvalue weighted by Gasteiger charge is -2.14. The van der Waals surface area contributed by atoms with Crippen LogP contribution in [0, 0.1) is 0 Å². The monoisotopic (exact) mass is 627 g/mol. The number of carbonyl (C=O) groups excluding carboxylic acids is 1. The van der Waals surface area contributed by atoms with E-state index in [4.69, 9.17) is 24.9 Å². The molecule has 0 bridgehead atoms. The van der Waals surface area contributed by atoms with Gasteiger partial charge in [0.15, 0.2) is 16.6 Å². The lowest BCUT2D eigenvalue weighted by Crippen LogP contribution is -2.12. The molecule has 0 radical (unpaired) electrons. The number of nitrogens with zero attached hydrogens (tertiary/aromatic N) is 3. The maximum Gasteiger partial charge on any atom is 0.224 e. The number of amides is 1. The molecule has 3 aromatic heterocycles. The third-order valence-corrected chi connectivity index (χ3v) is 8.72. The Hall–Kier alpha value is -5.14. The summed E-state index contributed by atoms with van der Waals surface area (Å²) in [4.78, 5) is 30.6. The van der Waals surface area contributed by atoms with Crippen LogP contribution in [0.1, 0.15) is 12.2 Å². The highest BCUT2D eigenvalue weighted by atomic mass is 32.1. The minimum atomic E-state index is -0.0915. The van der Waals surface area contributed by atoms with Crippen molar-refractivity contribution in [1.29, 1.82) is 0 Å². The molecule has 0 unspecified atom stereocenters. The van der Waals surface area contributed by atoms with Crippen molar-refractivity contribution in [3.8, 4) is 38.4 Å². The van der Waals surface area contributed by atoms with Gasteiger partial charge in [0.05, 0.1) is 38.1 Å². The van der Waals surface area contributed by atoms with E-state index in [0.717, 1.165) is 38.0 Å². The van der Waals surface area contributed by atoms with Gasteiger partial charge in [-0.1, -0.05) is 35.6 Å². The number of anilines is 4. The number of aromatic amines is 1.